The van der Waals surface area contributed by atoms with Gasteiger partial charge in [-0.2, -0.15) is 0 Å². The average molecular weight is 280 g/mol. The van der Waals surface area contributed by atoms with E-state index in [0.717, 1.165) is 5.56 Å². The van der Waals surface area contributed by atoms with Crippen LogP contribution in [0.15, 0.2) is 18.2 Å². The maximum absolute atomic E-state index is 14.3. The Hall–Kier alpha value is -1.13. The van der Waals surface area contributed by atoms with Gasteiger partial charge in [0.1, 0.15) is 5.82 Å². The molecule has 0 aliphatic carbocycles. The standard InChI is InChI=1S/C16H25FN2O/c1-11(18)8-13-6-5-7-14(17)15(13)19-9-12(2)20-16(3,4)10-19/h5-7,11-12H,8-10,18H2,1-4H3. The summed E-state index contributed by atoms with van der Waals surface area (Å²) < 4.78 is 20.2. The molecule has 0 bridgehead atoms. The zero-order valence-electron chi connectivity index (χ0n) is 12.8. The predicted octanol–water partition coefficient (Wildman–Crippen LogP) is 2.72. The summed E-state index contributed by atoms with van der Waals surface area (Å²) in [6, 6.07) is 5.26. The Labute approximate surface area is 120 Å². The highest BCUT2D eigenvalue weighted by Gasteiger charge is 2.33. The van der Waals surface area contributed by atoms with Crippen molar-refractivity contribution in [3.8, 4) is 0 Å². The molecule has 1 saturated heterocycles. The number of hydrogen-bond donors (Lipinski definition) is 1. The number of para-hydroxylation sites is 1. The topological polar surface area (TPSA) is 38.5 Å². The molecular weight excluding hydrogens is 255 g/mol. The highest BCUT2D eigenvalue weighted by atomic mass is 19.1. The molecule has 0 aromatic heterocycles. The minimum Gasteiger partial charge on any atom is -0.369 e. The van der Waals surface area contributed by atoms with Crippen LogP contribution < -0.4 is 10.6 Å². The zero-order chi connectivity index (χ0) is 14.9. The number of ether oxygens (including phenoxy) is 1. The Balaban J connectivity index is 2.35. The fourth-order valence-electron chi connectivity index (χ4n) is 3.05. The van der Waals surface area contributed by atoms with Gasteiger partial charge < -0.3 is 15.4 Å². The Morgan fingerprint density at radius 3 is 2.80 bits per heavy atom. The first-order valence-corrected chi connectivity index (χ1v) is 7.24. The molecule has 3 nitrogen and oxygen atoms in total. The second-order valence-electron chi connectivity index (χ2n) is 6.50. The molecular formula is C16H25FN2O. The van der Waals surface area contributed by atoms with Crippen LogP contribution in [0.4, 0.5) is 10.1 Å². The van der Waals surface area contributed by atoms with Gasteiger partial charge in [-0.3, -0.25) is 0 Å². The summed E-state index contributed by atoms with van der Waals surface area (Å²) in [4.78, 5) is 2.10. The number of nitrogens with zero attached hydrogens (tertiary/aromatic N) is 1. The van der Waals surface area contributed by atoms with E-state index < -0.39 is 0 Å². The number of morpholine rings is 1. The molecule has 0 spiro atoms. The summed E-state index contributed by atoms with van der Waals surface area (Å²) in [5.41, 5.74) is 7.28. The lowest BCUT2D eigenvalue weighted by molar-refractivity contribution is -0.0751. The van der Waals surface area contributed by atoms with Crippen LogP contribution >= 0.6 is 0 Å². The Morgan fingerprint density at radius 2 is 2.20 bits per heavy atom. The van der Waals surface area contributed by atoms with Crippen LogP contribution in [0, 0.1) is 5.82 Å². The first-order valence-electron chi connectivity index (χ1n) is 7.24. The minimum absolute atomic E-state index is 0.0158. The van der Waals surface area contributed by atoms with Crippen LogP contribution in [0.3, 0.4) is 0 Å². The number of anilines is 1. The van der Waals surface area contributed by atoms with E-state index in [-0.39, 0.29) is 23.6 Å². The number of rotatable bonds is 3. The van der Waals surface area contributed by atoms with Crippen LogP contribution in [0.25, 0.3) is 0 Å². The molecule has 112 valence electrons. The molecule has 0 saturated carbocycles. The van der Waals surface area contributed by atoms with Gasteiger partial charge in [0.25, 0.3) is 0 Å². The Bertz CT molecular complexity index is 474. The van der Waals surface area contributed by atoms with Gasteiger partial charge in [0.15, 0.2) is 0 Å². The van der Waals surface area contributed by atoms with E-state index in [1.165, 1.54) is 6.07 Å². The smallest absolute Gasteiger partial charge is 0.146 e. The maximum Gasteiger partial charge on any atom is 0.146 e. The Morgan fingerprint density at radius 1 is 1.50 bits per heavy atom. The van der Waals surface area contributed by atoms with Crippen molar-refractivity contribution >= 4 is 5.69 Å². The third kappa shape index (κ3) is 3.49. The van der Waals surface area contributed by atoms with Gasteiger partial charge in [-0.25, -0.2) is 4.39 Å². The normalized spacial score (nSPS) is 23.7. The van der Waals surface area contributed by atoms with E-state index in [1.54, 1.807) is 6.07 Å². The maximum atomic E-state index is 14.3. The molecule has 1 fully saturated rings. The molecule has 20 heavy (non-hydrogen) atoms. The predicted molar refractivity (Wildman–Crippen MR) is 80.6 cm³/mol. The molecule has 2 atom stereocenters. The van der Waals surface area contributed by atoms with Gasteiger partial charge >= 0.3 is 0 Å². The second-order valence-corrected chi connectivity index (χ2v) is 6.50. The zero-order valence-corrected chi connectivity index (χ0v) is 12.8. The van der Waals surface area contributed by atoms with Crippen LogP contribution in [-0.4, -0.2) is 30.8 Å². The highest BCUT2D eigenvalue weighted by Crippen LogP contribution is 2.31. The molecule has 0 amide bonds. The Kier molecular flexibility index (Phi) is 4.35. The van der Waals surface area contributed by atoms with Crippen LogP contribution in [0.1, 0.15) is 33.3 Å². The molecule has 1 aliphatic heterocycles. The summed E-state index contributed by atoms with van der Waals surface area (Å²) in [6.45, 7) is 9.45. The van der Waals surface area contributed by atoms with E-state index in [1.807, 2.05) is 33.8 Å². The highest BCUT2D eigenvalue weighted by molar-refractivity contribution is 5.56. The van der Waals surface area contributed by atoms with Crippen LogP contribution in [-0.2, 0) is 11.2 Å². The van der Waals surface area contributed by atoms with Gasteiger partial charge in [-0.15, -0.1) is 0 Å². The van der Waals surface area contributed by atoms with Crippen molar-refractivity contribution in [2.45, 2.75) is 51.9 Å². The number of nitrogens with two attached hydrogens (primary N) is 1. The first kappa shape index (κ1) is 15.3. The van der Waals surface area contributed by atoms with Gasteiger partial charge in [0.2, 0.25) is 0 Å². The molecule has 1 aromatic rings. The quantitative estimate of drug-likeness (QED) is 0.925. The van der Waals surface area contributed by atoms with Crippen LogP contribution in [0.2, 0.25) is 0 Å². The number of benzene rings is 1. The van der Waals surface area contributed by atoms with E-state index >= 15 is 0 Å². The van der Waals surface area contributed by atoms with Gasteiger partial charge in [-0.05, 0) is 45.7 Å². The number of halogens is 1. The monoisotopic (exact) mass is 280 g/mol. The number of hydrogen-bond acceptors (Lipinski definition) is 3. The van der Waals surface area contributed by atoms with Crippen molar-refractivity contribution in [1.29, 1.82) is 0 Å². The van der Waals surface area contributed by atoms with Crippen molar-refractivity contribution in [2.75, 3.05) is 18.0 Å². The van der Waals surface area contributed by atoms with Crippen molar-refractivity contribution in [1.82, 2.24) is 0 Å². The van der Waals surface area contributed by atoms with Crippen LogP contribution in [0.5, 0.6) is 0 Å². The van der Waals surface area contributed by atoms with E-state index in [9.17, 15) is 4.39 Å². The van der Waals surface area contributed by atoms with E-state index in [0.29, 0.717) is 25.2 Å². The summed E-state index contributed by atoms with van der Waals surface area (Å²) >= 11 is 0. The summed E-state index contributed by atoms with van der Waals surface area (Å²) in [6.07, 6.45) is 0.765. The van der Waals surface area contributed by atoms with Gasteiger partial charge in [-0.1, -0.05) is 12.1 Å². The fraction of sp³-hybridized carbons (Fsp3) is 0.625. The molecule has 2 unspecified atom stereocenters. The lowest BCUT2D eigenvalue weighted by Crippen LogP contribution is -2.52. The largest absolute Gasteiger partial charge is 0.369 e. The molecule has 2 N–H and O–H groups in total. The third-order valence-corrected chi connectivity index (χ3v) is 3.50. The summed E-state index contributed by atoms with van der Waals surface area (Å²) in [5, 5.41) is 0. The summed E-state index contributed by atoms with van der Waals surface area (Å²) in [7, 11) is 0. The summed E-state index contributed by atoms with van der Waals surface area (Å²) in [5.74, 6) is -0.173. The minimum atomic E-state index is -0.272. The van der Waals surface area contributed by atoms with Gasteiger partial charge in [0, 0.05) is 19.1 Å². The lowest BCUT2D eigenvalue weighted by atomic mass is 10.00. The molecule has 0 radical (unpaired) electrons. The first-order chi connectivity index (χ1) is 9.28. The molecule has 2 rings (SSSR count). The molecule has 4 heteroatoms. The van der Waals surface area contributed by atoms with Crippen molar-refractivity contribution in [2.24, 2.45) is 5.73 Å². The molecule has 1 aliphatic rings. The SMILES string of the molecule is CC(N)Cc1cccc(F)c1N1CC(C)OC(C)(C)C1. The second kappa shape index (κ2) is 5.70. The molecule has 1 heterocycles. The van der Waals surface area contributed by atoms with Crippen molar-refractivity contribution in [3.05, 3.63) is 29.6 Å². The van der Waals surface area contributed by atoms with Crippen molar-refractivity contribution < 1.29 is 9.13 Å². The van der Waals surface area contributed by atoms with E-state index in [4.69, 9.17) is 10.5 Å². The lowest BCUT2D eigenvalue weighted by Gasteiger charge is -2.43. The van der Waals surface area contributed by atoms with E-state index in [2.05, 4.69) is 4.90 Å². The van der Waals surface area contributed by atoms with Crippen molar-refractivity contribution in [3.63, 3.8) is 0 Å². The fourth-order valence-corrected chi connectivity index (χ4v) is 3.05. The molecule has 1 aromatic carbocycles. The third-order valence-electron chi connectivity index (χ3n) is 3.50. The van der Waals surface area contributed by atoms with Gasteiger partial charge in [0.05, 0.1) is 17.4 Å². The average Bonchev–Trinajstić information content (AvgIpc) is 2.24.